The maximum atomic E-state index is 6.25. The number of para-hydroxylation sites is 1. The number of benzene rings is 9. The van der Waals surface area contributed by atoms with Crippen LogP contribution in [-0.4, -0.2) is 24.5 Å². The van der Waals surface area contributed by atoms with E-state index in [-0.39, 0.29) is 0 Å². The summed E-state index contributed by atoms with van der Waals surface area (Å²) < 4.78 is 8.63. The van der Waals surface area contributed by atoms with Gasteiger partial charge in [-0.15, -0.1) is 0 Å². The summed E-state index contributed by atoms with van der Waals surface area (Å²) in [7, 11) is 0. The average molecular weight is 818 g/mol. The Morgan fingerprint density at radius 3 is 1.86 bits per heavy atom. The second kappa shape index (κ2) is 14.4. The molecule has 0 fully saturated rings. The van der Waals surface area contributed by atoms with Crippen molar-refractivity contribution in [3.05, 3.63) is 213 Å². The van der Waals surface area contributed by atoms with E-state index in [1.165, 1.54) is 48.9 Å². The van der Waals surface area contributed by atoms with E-state index in [2.05, 4.69) is 192 Å². The minimum absolute atomic E-state index is 0.567. The van der Waals surface area contributed by atoms with E-state index in [0.29, 0.717) is 23.1 Å². The Bertz CT molecular complexity index is 3950. The van der Waals surface area contributed by atoms with Crippen LogP contribution in [0.3, 0.4) is 0 Å². The molecule has 6 heteroatoms. The van der Waals surface area contributed by atoms with Gasteiger partial charge in [0.05, 0.1) is 17.2 Å². The maximum Gasteiger partial charge on any atom is 0.164 e. The van der Waals surface area contributed by atoms with E-state index in [0.717, 1.165) is 55.4 Å². The van der Waals surface area contributed by atoms with Gasteiger partial charge in [0.2, 0.25) is 0 Å². The molecule has 298 valence electrons. The fourth-order valence-electron chi connectivity index (χ4n) is 9.56. The van der Waals surface area contributed by atoms with Gasteiger partial charge in [0, 0.05) is 50.1 Å². The molecule has 0 unspecified atom stereocenters. The first kappa shape index (κ1) is 36.0. The largest absolute Gasteiger partial charge is 0.454 e. The summed E-state index contributed by atoms with van der Waals surface area (Å²) in [6.45, 7) is 0. The van der Waals surface area contributed by atoms with Crippen molar-refractivity contribution < 1.29 is 4.42 Å². The highest BCUT2D eigenvalue weighted by Gasteiger charge is 2.19. The molecule has 0 saturated heterocycles. The normalized spacial score (nSPS) is 11.8. The van der Waals surface area contributed by atoms with Gasteiger partial charge in [-0.3, -0.25) is 4.98 Å². The fraction of sp³-hybridized carbons (Fsp3) is 0. The van der Waals surface area contributed by atoms with Crippen molar-refractivity contribution in [3.63, 3.8) is 0 Å². The third-order valence-electron chi connectivity index (χ3n) is 12.6. The Morgan fingerprint density at radius 2 is 1.00 bits per heavy atom. The summed E-state index contributed by atoms with van der Waals surface area (Å²) in [5, 5.41) is 9.36. The van der Waals surface area contributed by atoms with Gasteiger partial charge in [0.25, 0.3) is 0 Å². The van der Waals surface area contributed by atoms with Crippen LogP contribution < -0.4 is 0 Å². The van der Waals surface area contributed by atoms with Gasteiger partial charge < -0.3 is 8.98 Å². The van der Waals surface area contributed by atoms with Crippen LogP contribution >= 0.6 is 0 Å². The summed E-state index contributed by atoms with van der Waals surface area (Å²) in [5.74, 6) is 1.74. The smallest absolute Gasteiger partial charge is 0.164 e. The average Bonchev–Trinajstić information content (AvgIpc) is 3.93. The van der Waals surface area contributed by atoms with E-state index < -0.39 is 0 Å². The standard InChI is InChI=1S/C58H35N5O/c1-3-15-44-37(10-1)12-8-18-45(44)39-22-24-40(25-23-39)56-60-57(62-58(61-56)49-19-9-21-52-55(49)48-32-33-59-35-53(48)64-52)42-14-7-13-41(34-42)36-26-29-43(30-27-36)63-50-20-6-5-17-47(50)54-46-16-4-2-11-38(46)28-31-51(54)63/h1-35H. The molecule has 0 aliphatic heterocycles. The van der Waals surface area contributed by atoms with Crippen molar-refractivity contribution >= 4 is 65.3 Å². The van der Waals surface area contributed by atoms with Crippen molar-refractivity contribution in [1.29, 1.82) is 0 Å². The molecule has 9 aromatic carbocycles. The molecule has 0 amide bonds. The van der Waals surface area contributed by atoms with Crippen LogP contribution in [0.15, 0.2) is 217 Å². The summed E-state index contributed by atoms with van der Waals surface area (Å²) in [6.07, 6.45) is 3.54. The van der Waals surface area contributed by atoms with E-state index in [4.69, 9.17) is 19.4 Å². The minimum atomic E-state index is 0.567. The van der Waals surface area contributed by atoms with Crippen LogP contribution in [0.2, 0.25) is 0 Å². The van der Waals surface area contributed by atoms with Gasteiger partial charge in [-0.2, -0.15) is 0 Å². The zero-order chi connectivity index (χ0) is 42.1. The molecule has 6 nitrogen and oxygen atoms in total. The first-order chi connectivity index (χ1) is 31.7. The Morgan fingerprint density at radius 1 is 0.359 bits per heavy atom. The molecular weight excluding hydrogens is 783 g/mol. The lowest BCUT2D eigenvalue weighted by Gasteiger charge is -2.12. The van der Waals surface area contributed by atoms with Gasteiger partial charge >= 0.3 is 0 Å². The van der Waals surface area contributed by atoms with Crippen LogP contribution in [-0.2, 0) is 0 Å². The Balaban J connectivity index is 0.922. The molecule has 13 rings (SSSR count). The van der Waals surface area contributed by atoms with Gasteiger partial charge in [-0.1, -0.05) is 158 Å². The predicted octanol–water partition coefficient (Wildman–Crippen LogP) is 14.9. The van der Waals surface area contributed by atoms with E-state index >= 15 is 0 Å². The summed E-state index contributed by atoms with van der Waals surface area (Å²) in [4.78, 5) is 19.9. The van der Waals surface area contributed by atoms with Gasteiger partial charge in [0.1, 0.15) is 5.58 Å². The van der Waals surface area contributed by atoms with Crippen molar-refractivity contribution in [2.75, 3.05) is 0 Å². The number of hydrogen-bond donors (Lipinski definition) is 0. The third-order valence-corrected chi connectivity index (χ3v) is 12.6. The van der Waals surface area contributed by atoms with E-state index in [9.17, 15) is 0 Å². The molecular formula is C58H35N5O. The molecule has 4 aromatic heterocycles. The van der Waals surface area contributed by atoms with E-state index in [1.807, 2.05) is 18.2 Å². The first-order valence-corrected chi connectivity index (χ1v) is 21.4. The molecule has 64 heavy (non-hydrogen) atoms. The molecule has 13 aromatic rings. The molecule has 0 radical (unpaired) electrons. The van der Waals surface area contributed by atoms with Crippen LogP contribution in [0.4, 0.5) is 0 Å². The number of nitrogens with zero attached hydrogens (tertiary/aromatic N) is 5. The van der Waals surface area contributed by atoms with Crippen molar-refractivity contribution in [3.8, 4) is 62.1 Å². The highest BCUT2D eigenvalue weighted by Crippen LogP contribution is 2.39. The van der Waals surface area contributed by atoms with Gasteiger partial charge in [-0.05, 0) is 86.3 Å². The van der Waals surface area contributed by atoms with Crippen molar-refractivity contribution in [2.45, 2.75) is 0 Å². The molecule has 0 aliphatic rings. The summed E-state index contributed by atoms with van der Waals surface area (Å²) in [5.41, 5.74) is 12.1. The SMILES string of the molecule is c1cc(-c2ccc(-n3c4ccccc4c4c5ccccc5ccc43)cc2)cc(-c2nc(-c3ccc(-c4cccc5ccccc45)cc3)nc(-c3cccc4oc5cnccc5c34)n2)c1. The number of aromatic nitrogens is 5. The summed E-state index contributed by atoms with van der Waals surface area (Å²) >= 11 is 0. The molecule has 0 spiro atoms. The monoisotopic (exact) mass is 817 g/mol. The molecule has 0 atom stereocenters. The highest BCUT2D eigenvalue weighted by molar-refractivity contribution is 6.21. The molecule has 0 saturated carbocycles. The highest BCUT2D eigenvalue weighted by atomic mass is 16.3. The zero-order valence-corrected chi connectivity index (χ0v) is 34.4. The zero-order valence-electron chi connectivity index (χ0n) is 34.4. The number of furan rings is 1. The number of pyridine rings is 1. The lowest BCUT2D eigenvalue weighted by Crippen LogP contribution is -2.00. The lowest BCUT2D eigenvalue weighted by molar-refractivity contribution is 0.667. The van der Waals surface area contributed by atoms with Crippen LogP contribution in [0.1, 0.15) is 0 Å². The minimum Gasteiger partial charge on any atom is -0.454 e. The first-order valence-electron chi connectivity index (χ1n) is 21.4. The maximum absolute atomic E-state index is 6.25. The Kier molecular flexibility index (Phi) is 8.11. The quantitative estimate of drug-likeness (QED) is 0.167. The van der Waals surface area contributed by atoms with Crippen LogP contribution in [0.5, 0.6) is 0 Å². The second-order valence-electron chi connectivity index (χ2n) is 16.2. The van der Waals surface area contributed by atoms with Gasteiger partial charge in [0.15, 0.2) is 23.1 Å². The fourth-order valence-corrected chi connectivity index (χ4v) is 9.56. The molecule has 0 N–H and O–H groups in total. The Hall–Kier alpha value is -8.74. The second-order valence-corrected chi connectivity index (χ2v) is 16.2. The topological polar surface area (TPSA) is 69.6 Å². The van der Waals surface area contributed by atoms with Crippen molar-refractivity contribution in [2.24, 2.45) is 0 Å². The van der Waals surface area contributed by atoms with Crippen LogP contribution in [0.25, 0.3) is 127 Å². The predicted molar refractivity (Wildman–Crippen MR) is 261 cm³/mol. The lowest BCUT2D eigenvalue weighted by atomic mass is 9.97. The third kappa shape index (κ3) is 5.81. The molecule has 0 aliphatic carbocycles. The van der Waals surface area contributed by atoms with Crippen molar-refractivity contribution in [1.82, 2.24) is 24.5 Å². The Labute approximate surface area is 367 Å². The number of fused-ring (bicyclic) bond motifs is 9. The molecule has 4 heterocycles. The van der Waals surface area contributed by atoms with Crippen LogP contribution in [0, 0.1) is 0 Å². The molecule has 0 bridgehead atoms. The van der Waals surface area contributed by atoms with E-state index in [1.54, 1.807) is 12.4 Å². The van der Waals surface area contributed by atoms with Gasteiger partial charge in [-0.25, -0.2) is 15.0 Å². The summed E-state index contributed by atoms with van der Waals surface area (Å²) in [6, 6.07) is 70.6. The number of hydrogen-bond acceptors (Lipinski definition) is 5. The number of rotatable bonds is 6.